The highest BCUT2D eigenvalue weighted by Gasteiger charge is 2.50. The van der Waals surface area contributed by atoms with Crippen LogP contribution in [-0.2, 0) is 19.2 Å². The average molecular weight is 502 g/mol. The number of nitrogens with zero attached hydrogens (tertiary/aromatic N) is 3. The number of hydrogen-bond acceptors (Lipinski definition) is 6. The van der Waals surface area contributed by atoms with Crippen LogP contribution in [0, 0.1) is 11.6 Å². The fourth-order valence-corrected chi connectivity index (χ4v) is 5.58. The molecule has 2 aromatic rings. The molecule has 2 atom stereocenters. The maximum Gasteiger partial charge on any atom is 0.273 e. The van der Waals surface area contributed by atoms with Crippen LogP contribution in [-0.4, -0.2) is 41.5 Å². The molecule has 9 heteroatoms. The number of carbonyl (C=O) groups is 1. The Morgan fingerprint density at radius 3 is 2.63 bits per heavy atom. The van der Waals surface area contributed by atoms with Crippen LogP contribution in [0.25, 0.3) is 0 Å². The molecular formula is C26H29F2N3O3S. The number of hydrogen-bond donors (Lipinski definition) is 0. The van der Waals surface area contributed by atoms with Gasteiger partial charge in [-0.25, -0.2) is 13.8 Å². The van der Waals surface area contributed by atoms with Crippen LogP contribution in [0.5, 0.6) is 0 Å². The summed E-state index contributed by atoms with van der Waals surface area (Å²) in [5.41, 5.74) is 1.83. The Morgan fingerprint density at radius 1 is 1.17 bits per heavy atom. The third-order valence-corrected chi connectivity index (χ3v) is 7.69. The Balaban J connectivity index is 1.70. The molecule has 186 valence electrons. The van der Waals surface area contributed by atoms with E-state index >= 15 is 0 Å². The maximum atomic E-state index is 14.7. The normalized spacial score (nSPS) is 21.0. The summed E-state index contributed by atoms with van der Waals surface area (Å²) in [6, 6.07) is 12.6. The molecule has 35 heavy (non-hydrogen) atoms. The number of oxime groups is 1. The molecule has 0 N–H and O–H groups in total. The fraction of sp³-hybridized carbons (Fsp3) is 0.423. The minimum absolute atomic E-state index is 0.000886. The number of rotatable bonds is 8. The van der Waals surface area contributed by atoms with Gasteiger partial charge in [0.2, 0.25) is 0 Å². The Kier molecular flexibility index (Phi) is 8.18. The van der Waals surface area contributed by atoms with Crippen molar-refractivity contribution in [3.63, 3.8) is 0 Å². The van der Waals surface area contributed by atoms with E-state index in [0.29, 0.717) is 6.42 Å². The number of benzene rings is 2. The molecule has 0 aromatic heterocycles. The minimum atomic E-state index is -1.05. The molecule has 6 nitrogen and oxygen atoms in total. The van der Waals surface area contributed by atoms with E-state index in [9.17, 15) is 13.6 Å². The largest absolute Gasteiger partial charge is 0.396 e. The lowest BCUT2D eigenvalue weighted by molar-refractivity contribution is -0.145. The van der Waals surface area contributed by atoms with Gasteiger partial charge in [-0.1, -0.05) is 53.7 Å². The van der Waals surface area contributed by atoms with E-state index in [2.05, 4.69) is 10.3 Å². The molecule has 2 aromatic carbocycles. The molecule has 1 unspecified atom stereocenters. The van der Waals surface area contributed by atoms with Gasteiger partial charge >= 0.3 is 0 Å². The summed E-state index contributed by atoms with van der Waals surface area (Å²) >= 11 is 1.20. The van der Waals surface area contributed by atoms with Gasteiger partial charge in [0.25, 0.3) is 5.91 Å². The number of carbonyl (C=O) groups excluding carboxylic acids is 1. The number of halogens is 2. The minimum Gasteiger partial charge on any atom is -0.396 e. The van der Waals surface area contributed by atoms with Crippen molar-refractivity contribution in [2.45, 2.75) is 56.4 Å². The number of hydrazone groups is 1. The first-order chi connectivity index (χ1) is 16.9. The molecule has 1 saturated carbocycles. The molecule has 0 spiro atoms. The zero-order valence-corrected chi connectivity index (χ0v) is 20.7. The predicted octanol–water partition coefficient (Wildman–Crippen LogP) is 5.82. The molecule has 4 rings (SSSR count). The highest BCUT2D eigenvalue weighted by atomic mass is 32.2. The van der Waals surface area contributed by atoms with E-state index in [1.807, 2.05) is 30.3 Å². The maximum absolute atomic E-state index is 14.7. The molecular weight excluding hydrogens is 472 g/mol. The lowest BCUT2D eigenvalue weighted by Gasteiger charge is -2.36. The Bertz CT molecular complexity index is 1100. The molecule has 1 heterocycles. The molecule has 2 aliphatic rings. The van der Waals surface area contributed by atoms with Crippen LogP contribution in [0.3, 0.4) is 0 Å². The van der Waals surface area contributed by atoms with E-state index in [1.54, 1.807) is 6.92 Å². The fourth-order valence-electron chi connectivity index (χ4n) is 4.22. The lowest BCUT2D eigenvalue weighted by Crippen LogP contribution is -2.46. The topological polar surface area (TPSA) is 63.5 Å². The zero-order chi connectivity index (χ0) is 24.8. The van der Waals surface area contributed by atoms with Crippen molar-refractivity contribution in [1.29, 1.82) is 0 Å². The van der Waals surface area contributed by atoms with Gasteiger partial charge in [0.15, 0.2) is 0 Å². The first-order valence-corrected chi connectivity index (χ1v) is 12.6. The standard InChI is InChI=1S/C26H29F2N3O3S/c1-18(33-2)25(32)31-26(19-9-5-3-6-10-19,15-16-34-30-21-11-7-4-8-12-21)35-24(29-31)22-17-20(27)13-14-23(22)28/h3,5-6,9-10,13-14,17-18H,4,7-8,11-12,15-16H2,1-2H3/t18-,26?/m0/s1. The van der Waals surface area contributed by atoms with Gasteiger partial charge in [0, 0.05) is 19.1 Å². The third-order valence-electron chi connectivity index (χ3n) is 6.25. The predicted molar refractivity (Wildman–Crippen MR) is 133 cm³/mol. The molecule has 0 bridgehead atoms. The Hall–Kier alpha value is -2.78. The van der Waals surface area contributed by atoms with Crippen LogP contribution < -0.4 is 0 Å². The monoisotopic (exact) mass is 501 g/mol. The zero-order valence-electron chi connectivity index (χ0n) is 19.9. The van der Waals surface area contributed by atoms with Crippen molar-refractivity contribution >= 4 is 28.4 Å². The van der Waals surface area contributed by atoms with Gasteiger partial charge < -0.3 is 9.57 Å². The van der Waals surface area contributed by atoms with Gasteiger partial charge in [0.1, 0.15) is 34.3 Å². The van der Waals surface area contributed by atoms with Crippen molar-refractivity contribution in [1.82, 2.24) is 5.01 Å². The SMILES string of the molecule is CO[C@@H](C)C(=O)N1N=C(c2cc(F)ccc2F)SC1(CCON=C1CCCCC1)c1ccccc1. The van der Waals surface area contributed by atoms with Crippen molar-refractivity contribution in [3.05, 3.63) is 71.3 Å². The summed E-state index contributed by atoms with van der Waals surface area (Å²) in [4.78, 5) is 18.1. The summed E-state index contributed by atoms with van der Waals surface area (Å²) < 4.78 is 34.0. The van der Waals surface area contributed by atoms with Crippen LogP contribution in [0.4, 0.5) is 8.78 Å². The second-order valence-electron chi connectivity index (χ2n) is 8.61. The van der Waals surface area contributed by atoms with E-state index in [1.165, 1.54) is 30.3 Å². The van der Waals surface area contributed by atoms with Gasteiger partial charge in [0.05, 0.1) is 5.71 Å². The summed E-state index contributed by atoms with van der Waals surface area (Å²) in [5.74, 6) is -1.60. The van der Waals surface area contributed by atoms with E-state index in [0.717, 1.165) is 55.2 Å². The molecule has 0 radical (unpaired) electrons. The van der Waals surface area contributed by atoms with E-state index in [4.69, 9.17) is 9.57 Å². The van der Waals surface area contributed by atoms with Crippen LogP contribution in [0.15, 0.2) is 58.8 Å². The number of thioether (sulfide) groups is 1. The van der Waals surface area contributed by atoms with Crippen molar-refractivity contribution < 1.29 is 23.1 Å². The van der Waals surface area contributed by atoms with Gasteiger partial charge in [-0.2, -0.15) is 5.10 Å². The van der Waals surface area contributed by atoms with Crippen molar-refractivity contribution in [2.24, 2.45) is 10.3 Å². The molecule has 1 fully saturated rings. The number of methoxy groups -OCH3 is 1. The Morgan fingerprint density at radius 2 is 1.91 bits per heavy atom. The summed E-state index contributed by atoms with van der Waals surface area (Å²) in [7, 11) is 1.44. The summed E-state index contributed by atoms with van der Waals surface area (Å²) in [5, 5.41) is 10.4. The molecule has 0 saturated heterocycles. The van der Waals surface area contributed by atoms with Crippen molar-refractivity contribution in [2.75, 3.05) is 13.7 Å². The van der Waals surface area contributed by atoms with Crippen molar-refractivity contribution in [3.8, 4) is 0 Å². The number of amides is 1. The van der Waals surface area contributed by atoms with Crippen LogP contribution in [0.2, 0.25) is 0 Å². The second kappa shape index (κ2) is 11.3. The quantitative estimate of drug-likeness (QED) is 0.338. The number of ether oxygens (including phenoxy) is 1. The molecule has 1 amide bonds. The Labute approximate surface area is 208 Å². The van der Waals surface area contributed by atoms with Gasteiger partial charge in [-0.05, 0) is 56.4 Å². The van der Waals surface area contributed by atoms with Crippen LogP contribution >= 0.6 is 11.8 Å². The highest BCUT2D eigenvalue weighted by molar-refractivity contribution is 8.15. The van der Waals surface area contributed by atoms with Crippen LogP contribution in [0.1, 0.15) is 56.6 Å². The second-order valence-corrected chi connectivity index (χ2v) is 9.88. The highest BCUT2D eigenvalue weighted by Crippen LogP contribution is 2.50. The average Bonchev–Trinajstić information content (AvgIpc) is 3.28. The summed E-state index contributed by atoms with van der Waals surface area (Å²) in [6.07, 6.45) is 4.83. The first-order valence-electron chi connectivity index (χ1n) is 11.8. The smallest absolute Gasteiger partial charge is 0.273 e. The molecule has 1 aliphatic heterocycles. The van der Waals surface area contributed by atoms with Gasteiger partial charge in [-0.15, -0.1) is 0 Å². The molecule has 1 aliphatic carbocycles. The first kappa shape index (κ1) is 25.3. The lowest BCUT2D eigenvalue weighted by atomic mass is 9.99. The van der Waals surface area contributed by atoms with E-state index in [-0.39, 0.29) is 17.2 Å². The van der Waals surface area contributed by atoms with Gasteiger partial charge in [-0.3, -0.25) is 4.79 Å². The summed E-state index contributed by atoms with van der Waals surface area (Å²) in [6.45, 7) is 1.84. The van der Waals surface area contributed by atoms with E-state index < -0.39 is 28.5 Å². The third kappa shape index (κ3) is 5.56.